The number of nitrogens with two attached hydrogens (primary N) is 1. The standard InChI is InChI=1S/C8H10N2O2/c9-8-1-2-10-4-6(8)3-7(12)5-11/h1-2,4-5,7,12H,3H2,(H2,9,10). The molecule has 1 aromatic heterocycles. The van der Waals surface area contributed by atoms with Crippen molar-refractivity contribution in [1.82, 2.24) is 4.98 Å². The molecule has 0 aliphatic rings. The lowest BCUT2D eigenvalue weighted by atomic mass is 10.1. The van der Waals surface area contributed by atoms with Gasteiger partial charge in [-0.3, -0.25) is 4.98 Å². The average Bonchev–Trinajstić information content (AvgIpc) is 2.09. The van der Waals surface area contributed by atoms with Crippen LogP contribution in [0.2, 0.25) is 0 Å². The Morgan fingerprint density at radius 1 is 1.75 bits per heavy atom. The Hall–Kier alpha value is -1.42. The Kier molecular flexibility index (Phi) is 2.76. The minimum atomic E-state index is -0.989. The molecular weight excluding hydrogens is 156 g/mol. The number of aldehydes is 1. The summed E-state index contributed by atoms with van der Waals surface area (Å²) < 4.78 is 0. The number of nitrogens with zero attached hydrogens (tertiary/aromatic N) is 1. The summed E-state index contributed by atoms with van der Waals surface area (Å²) in [5.74, 6) is 0. The fraction of sp³-hybridized carbons (Fsp3) is 0.250. The van der Waals surface area contributed by atoms with Crippen LogP contribution in [-0.4, -0.2) is 22.5 Å². The summed E-state index contributed by atoms with van der Waals surface area (Å²) in [7, 11) is 0. The Labute approximate surface area is 70.0 Å². The molecular formula is C8H10N2O2. The zero-order valence-electron chi connectivity index (χ0n) is 6.47. The van der Waals surface area contributed by atoms with E-state index in [0.717, 1.165) is 0 Å². The number of nitrogen functional groups attached to an aromatic ring is 1. The number of rotatable bonds is 3. The Bertz CT molecular complexity index is 276. The molecule has 4 nitrogen and oxygen atoms in total. The van der Waals surface area contributed by atoms with Crippen LogP contribution in [0, 0.1) is 0 Å². The van der Waals surface area contributed by atoms with Gasteiger partial charge in [0, 0.05) is 24.5 Å². The highest BCUT2D eigenvalue weighted by Crippen LogP contribution is 2.10. The van der Waals surface area contributed by atoms with Crippen molar-refractivity contribution in [2.45, 2.75) is 12.5 Å². The van der Waals surface area contributed by atoms with Crippen LogP contribution >= 0.6 is 0 Å². The van der Waals surface area contributed by atoms with Crippen molar-refractivity contribution in [3.63, 3.8) is 0 Å². The fourth-order valence-corrected chi connectivity index (χ4v) is 0.882. The summed E-state index contributed by atoms with van der Waals surface area (Å²) in [5, 5.41) is 8.98. The minimum absolute atomic E-state index is 0.225. The predicted molar refractivity (Wildman–Crippen MR) is 44.4 cm³/mol. The topological polar surface area (TPSA) is 76.2 Å². The maximum absolute atomic E-state index is 10.1. The van der Waals surface area contributed by atoms with Crippen LogP contribution in [0.3, 0.4) is 0 Å². The Morgan fingerprint density at radius 2 is 2.50 bits per heavy atom. The van der Waals surface area contributed by atoms with E-state index >= 15 is 0 Å². The van der Waals surface area contributed by atoms with E-state index in [1.807, 2.05) is 0 Å². The molecule has 4 heteroatoms. The van der Waals surface area contributed by atoms with Crippen LogP contribution in [0.25, 0.3) is 0 Å². The first-order chi connectivity index (χ1) is 5.74. The number of anilines is 1. The highest BCUT2D eigenvalue weighted by atomic mass is 16.3. The third-order valence-electron chi connectivity index (χ3n) is 1.53. The lowest BCUT2D eigenvalue weighted by Gasteiger charge is -2.04. The molecule has 0 aromatic carbocycles. The lowest BCUT2D eigenvalue weighted by molar-refractivity contribution is -0.114. The van der Waals surface area contributed by atoms with Gasteiger partial charge in [0.1, 0.15) is 12.4 Å². The minimum Gasteiger partial charge on any atom is -0.398 e. The van der Waals surface area contributed by atoms with Crippen LogP contribution in [0.4, 0.5) is 5.69 Å². The number of carbonyl (C=O) groups excluding carboxylic acids is 1. The number of hydrogen-bond acceptors (Lipinski definition) is 4. The summed E-state index contributed by atoms with van der Waals surface area (Å²) in [6.45, 7) is 0. The van der Waals surface area contributed by atoms with Gasteiger partial charge in [0.05, 0.1) is 0 Å². The van der Waals surface area contributed by atoms with E-state index in [0.29, 0.717) is 17.5 Å². The van der Waals surface area contributed by atoms with Gasteiger partial charge in [-0.05, 0) is 11.6 Å². The fourth-order valence-electron chi connectivity index (χ4n) is 0.882. The molecule has 0 bridgehead atoms. The molecule has 0 aliphatic carbocycles. The Morgan fingerprint density at radius 3 is 3.08 bits per heavy atom. The van der Waals surface area contributed by atoms with Gasteiger partial charge in [-0.25, -0.2) is 0 Å². The van der Waals surface area contributed by atoms with Crippen molar-refractivity contribution in [1.29, 1.82) is 0 Å². The number of hydrogen-bond donors (Lipinski definition) is 2. The Balaban J connectivity index is 2.75. The molecule has 0 saturated carbocycles. The summed E-state index contributed by atoms with van der Waals surface area (Å²) in [4.78, 5) is 13.9. The summed E-state index contributed by atoms with van der Waals surface area (Å²) in [5.41, 5.74) is 6.80. The number of aliphatic hydroxyl groups is 1. The molecule has 0 radical (unpaired) electrons. The average molecular weight is 166 g/mol. The van der Waals surface area contributed by atoms with Crippen LogP contribution < -0.4 is 5.73 Å². The maximum Gasteiger partial charge on any atom is 0.148 e. The zero-order chi connectivity index (χ0) is 8.97. The molecule has 1 aromatic rings. The van der Waals surface area contributed by atoms with Gasteiger partial charge in [-0.15, -0.1) is 0 Å². The van der Waals surface area contributed by atoms with Crippen LogP contribution in [0.5, 0.6) is 0 Å². The molecule has 3 N–H and O–H groups in total. The maximum atomic E-state index is 10.1. The molecule has 0 fully saturated rings. The molecule has 64 valence electrons. The highest BCUT2D eigenvalue weighted by molar-refractivity contribution is 5.58. The van der Waals surface area contributed by atoms with Gasteiger partial charge in [-0.1, -0.05) is 0 Å². The smallest absolute Gasteiger partial charge is 0.148 e. The van der Waals surface area contributed by atoms with E-state index in [2.05, 4.69) is 4.98 Å². The molecule has 0 spiro atoms. The largest absolute Gasteiger partial charge is 0.398 e. The number of pyridine rings is 1. The first kappa shape index (κ1) is 8.67. The second kappa shape index (κ2) is 3.82. The van der Waals surface area contributed by atoms with Crippen molar-refractivity contribution in [3.05, 3.63) is 24.0 Å². The molecule has 12 heavy (non-hydrogen) atoms. The third kappa shape index (κ3) is 2.03. The molecule has 0 saturated heterocycles. The quantitative estimate of drug-likeness (QED) is 0.608. The first-order valence-corrected chi connectivity index (χ1v) is 3.55. The predicted octanol–water partition coefficient (Wildman–Crippen LogP) is -0.234. The second-order valence-corrected chi connectivity index (χ2v) is 2.48. The molecule has 1 heterocycles. The summed E-state index contributed by atoms with van der Waals surface area (Å²) in [6.07, 6.45) is 2.82. The van der Waals surface area contributed by atoms with Gasteiger partial charge in [-0.2, -0.15) is 0 Å². The van der Waals surface area contributed by atoms with E-state index < -0.39 is 6.10 Å². The van der Waals surface area contributed by atoms with Crippen molar-refractivity contribution in [2.75, 3.05) is 5.73 Å². The SMILES string of the molecule is Nc1ccncc1CC(O)C=O. The molecule has 1 atom stereocenters. The van der Waals surface area contributed by atoms with E-state index in [1.165, 1.54) is 0 Å². The monoisotopic (exact) mass is 166 g/mol. The third-order valence-corrected chi connectivity index (χ3v) is 1.53. The van der Waals surface area contributed by atoms with Crippen molar-refractivity contribution in [2.24, 2.45) is 0 Å². The highest BCUT2D eigenvalue weighted by Gasteiger charge is 2.05. The normalized spacial score (nSPS) is 12.4. The summed E-state index contributed by atoms with van der Waals surface area (Å²) >= 11 is 0. The second-order valence-electron chi connectivity index (χ2n) is 2.48. The van der Waals surface area contributed by atoms with Crippen LogP contribution in [-0.2, 0) is 11.2 Å². The van der Waals surface area contributed by atoms with E-state index in [9.17, 15) is 4.79 Å². The first-order valence-electron chi connectivity index (χ1n) is 3.55. The number of aromatic nitrogens is 1. The van der Waals surface area contributed by atoms with Crippen molar-refractivity contribution < 1.29 is 9.90 Å². The number of carbonyl (C=O) groups is 1. The molecule has 1 unspecified atom stereocenters. The van der Waals surface area contributed by atoms with Gasteiger partial charge < -0.3 is 15.6 Å². The molecule has 1 rings (SSSR count). The van der Waals surface area contributed by atoms with Crippen molar-refractivity contribution >= 4 is 12.0 Å². The van der Waals surface area contributed by atoms with Gasteiger partial charge in [0.15, 0.2) is 0 Å². The van der Waals surface area contributed by atoms with E-state index in [1.54, 1.807) is 18.5 Å². The zero-order valence-corrected chi connectivity index (χ0v) is 6.47. The molecule has 0 aliphatic heterocycles. The summed E-state index contributed by atoms with van der Waals surface area (Å²) in [6, 6.07) is 1.63. The van der Waals surface area contributed by atoms with Crippen LogP contribution in [0.1, 0.15) is 5.56 Å². The number of aliphatic hydroxyl groups excluding tert-OH is 1. The van der Waals surface area contributed by atoms with Gasteiger partial charge in [0.2, 0.25) is 0 Å². The molecule has 0 amide bonds. The van der Waals surface area contributed by atoms with E-state index in [4.69, 9.17) is 10.8 Å². The van der Waals surface area contributed by atoms with E-state index in [-0.39, 0.29) is 6.42 Å². The van der Waals surface area contributed by atoms with Gasteiger partial charge >= 0.3 is 0 Å². The lowest BCUT2D eigenvalue weighted by Crippen LogP contribution is -2.12. The van der Waals surface area contributed by atoms with Crippen LogP contribution in [0.15, 0.2) is 18.5 Å². The van der Waals surface area contributed by atoms with Gasteiger partial charge in [0.25, 0.3) is 0 Å². The van der Waals surface area contributed by atoms with Crippen molar-refractivity contribution in [3.8, 4) is 0 Å².